The number of amides is 1. The number of thiocarbonyl (C=S) groups is 1. The molecule has 2 aromatic carbocycles. The predicted octanol–water partition coefficient (Wildman–Crippen LogP) is 2.88. The van der Waals surface area contributed by atoms with Crippen molar-refractivity contribution < 1.29 is 14.7 Å². The molecule has 0 fully saturated rings. The van der Waals surface area contributed by atoms with Gasteiger partial charge < -0.3 is 15.2 Å². The molecule has 8 heteroatoms. The van der Waals surface area contributed by atoms with Crippen LogP contribution in [0.2, 0.25) is 10.0 Å². The van der Waals surface area contributed by atoms with E-state index in [9.17, 15) is 14.7 Å². The van der Waals surface area contributed by atoms with Crippen molar-refractivity contribution in [3.05, 3.63) is 69.7 Å². The van der Waals surface area contributed by atoms with Gasteiger partial charge in [-0.2, -0.15) is 0 Å². The molecule has 0 atom stereocenters. The Morgan fingerprint density at radius 2 is 1.76 bits per heavy atom. The average Bonchev–Trinajstić information content (AvgIpc) is 2.54. The molecule has 2 aromatic rings. The molecular formula is C17H11Cl2N2O3S-. The molecule has 0 heterocycles. The molecule has 0 spiro atoms. The molecule has 0 aliphatic heterocycles. The van der Waals surface area contributed by atoms with Crippen molar-refractivity contribution >= 4 is 64.2 Å². The maximum Gasteiger partial charge on any atom is 0.250 e. The molecule has 0 saturated heterocycles. The highest BCUT2D eigenvalue weighted by Crippen LogP contribution is 2.21. The van der Waals surface area contributed by atoms with Gasteiger partial charge in [-0.05, 0) is 53.7 Å². The van der Waals surface area contributed by atoms with Crippen LogP contribution >= 0.6 is 35.4 Å². The van der Waals surface area contributed by atoms with Crippen LogP contribution in [0, 0.1) is 0 Å². The van der Waals surface area contributed by atoms with Gasteiger partial charge in [0, 0.05) is 21.8 Å². The van der Waals surface area contributed by atoms with Crippen molar-refractivity contribution in [1.82, 2.24) is 5.32 Å². The van der Waals surface area contributed by atoms with Crippen LogP contribution in [-0.4, -0.2) is 17.0 Å². The van der Waals surface area contributed by atoms with Crippen LogP contribution in [0.4, 0.5) is 5.69 Å². The molecule has 5 nitrogen and oxygen atoms in total. The minimum atomic E-state index is -1.27. The van der Waals surface area contributed by atoms with Gasteiger partial charge in [-0.15, -0.1) is 0 Å². The minimum Gasteiger partial charge on any atom is -0.545 e. The molecule has 0 aliphatic carbocycles. The zero-order valence-electron chi connectivity index (χ0n) is 12.6. The van der Waals surface area contributed by atoms with Crippen LogP contribution in [0.1, 0.15) is 15.9 Å². The van der Waals surface area contributed by atoms with Gasteiger partial charge in [0.1, 0.15) is 0 Å². The van der Waals surface area contributed by atoms with Crippen molar-refractivity contribution in [1.29, 1.82) is 0 Å². The first-order chi connectivity index (χ1) is 11.8. The molecule has 1 amide bonds. The summed E-state index contributed by atoms with van der Waals surface area (Å²) in [5.41, 5.74) is 1.21. The van der Waals surface area contributed by atoms with Crippen LogP contribution in [0.15, 0.2) is 48.5 Å². The van der Waals surface area contributed by atoms with Gasteiger partial charge in [0.15, 0.2) is 5.11 Å². The van der Waals surface area contributed by atoms with Gasteiger partial charge in [0.25, 0.3) is 0 Å². The molecule has 2 N–H and O–H groups in total. The van der Waals surface area contributed by atoms with Crippen LogP contribution < -0.4 is 15.7 Å². The van der Waals surface area contributed by atoms with Gasteiger partial charge in [-0.25, -0.2) is 0 Å². The fraction of sp³-hybridized carbons (Fsp3) is 0. The molecule has 2 rings (SSSR count). The van der Waals surface area contributed by atoms with Gasteiger partial charge >= 0.3 is 0 Å². The number of halogens is 2. The summed E-state index contributed by atoms with van der Waals surface area (Å²) in [6.45, 7) is 0. The topological polar surface area (TPSA) is 81.3 Å². The summed E-state index contributed by atoms with van der Waals surface area (Å²) in [6, 6.07) is 10.7. The lowest BCUT2D eigenvalue weighted by Crippen LogP contribution is -2.32. The Hall–Kier alpha value is -2.41. The highest BCUT2D eigenvalue weighted by Gasteiger charge is 2.03. The quantitative estimate of drug-likeness (QED) is 0.616. The Morgan fingerprint density at radius 1 is 1.08 bits per heavy atom. The largest absolute Gasteiger partial charge is 0.545 e. The van der Waals surface area contributed by atoms with E-state index in [2.05, 4.69) is 10.6 Å². The van der Waals surface area contributed by atoms with Crippen LogP contribution in [0.3, 0.4) is 0 Å². The fourth-order valence-electron chi connectivity index (χ4n) is 1.81. The number of anilines is 1. The summed E-state index contributed by atoms with van der Waals surface area (Å²) in [6.07, 6.45) is 2.81. The van der Waals surface area contributed by atoms with E-state index in [0.717, 1.165) is 0 Å². The summed E-state index contributed by atoms with van der Waals surface area (Å²) in [5, 5.41) is 16.9. The van der Waals surface area contributed by atoms with E-state index in [-0.39, 0.29) is 10.7 Å². The van der Waals surface area contributed by atoms with Crippen LogP contribution in [0.25, 0.3) is 6.08 Å². The Morgan fingerprint density at radius 3 is 2.36 bits per heavy atom. The number of hydrogen-bond donors (Lipinski definition) is 2. The number of benzene rings is 2. The van der Waals surface area contributed by atoms with Crippen molar-refractivity contribution in [2.75, 3.05) is 5.32 Å². The van der Waals surface area contributed by atoms with E-state index in [0.29, 0.717) is 21.3 Å². The fourth-order valence-corrected chi connectivity index (χ4v) is 2.50. The molecule has 0 bridgehead atoms. The Labute approximate surface area is 159 Å². The predicted molar refractivity (Wildman–Crippen MR) is 101 cm³/mol. The third-order valence-electron chi connectivity index (χ3n) is 2.99. The molecular weight excluding hydrogens is 383 g/mol. The summed E-state index contributed by atoms with van der Waals surface area (Å²) < 4.78 is 0. The third-order valence-corrected chi connectivity index (χ3v) is 3.76. The zero-order chi connectivity index (χ0) is 18.4. The summed E-state index contributed by atoms with van der Waals surface area (Å²) in [7, 11) is 0. The molecule has 25 heavy (non-hydrogen) atoms. The van der Waals surface area contributed by atoms with Gasteiger partial charge in [-0.3, -0.25) is 10.1 Å². The maximum atomic E-state index is 11.9. The van der Waals surface area contributed by atoms with Crippen LogP contribution in [-0.2, 0) is 4.79 Å². The first-order valence-corrected chi connectivity index (χ1v) is 8.08. The molecule has 0 unspecified atom stereocenters. The van der Waals surface area contributed by atoms with Crippen molar-refractivity contribution in [3.8, 4) is 0 Å². The Balaban J connectivity index is 1.92. The number of carbonyl (C=O) groups excluding carboxylic acids is 2. The molecule has 0 radical (unpaired) electrons. The second-order valence-corrected chi connectivity index (χ2v) is 6.06. The number of carbonyl (C=O) groups is 2. The molecule has 0 aromatic heterocycles. The lowest BCUT2D eigenvalue weighted by atomic mass is 10.2. The van der Waals surface area contributed by atoms with E-state index in [4.69, 9.17) is 35.4 Å². The van der Waals surface area contributed by atoms with E-state index >= 15 is 0 Å². The first kappa shape index (κ1) is 18.9. The second kappa shape index (κ2) is 8.62. The monoisotopic (exact) mass is 393 g/mol. The van der Waals surface area contributed by atoms with E-state index in [1.54, 1.807) is 18.2 Å². The number of hydrogen-bond acceptors (Lipinski definition) is 4. The summed E-state index contributed by atoms with van der Waals surface area (Å²) >= 11 is 16.8. The highest BCUT2D eigenvalue weighted by atomic mass is 35.5. The normalized spacial score (nSPS) is 10.5. The van der Waals surface area contributed by atoms with Gasteiger partial charge in [0.2, 0.25) is 5.91 Å². The van der Waals surface area contributed by atoms with Gasteiger partial charge in [-0.1, -0.05) is 41.4 Å². The number of rotatable bonds is 4. The number of carboxylic acids is 1. The standard InChI is InChI=1S/C17H12Cl2N2O3S/c18-12-5-1-10(14(19)9-12)4-8-15(22)21-17(25)20-13-6-2-11(3-7-13)16(23)24/h1-9H,(H,23,24)(H2,20,21,22,25)/p-1/b8-4+. The van der Waals surface area contributed by atoms with Gasteiger partial charge in [0.05, 0.1) is 5.97 Å². The first-order valence-electron chi connectivity index (χ1n) is 6.91. The van der Waals surface area contributed by atoms with E-state index in [1.807, 2.05) is 0 Å². The van der Waals surface area contributed by atoms with Crippen LogP contribution in [0.5, 0.6) is 0 Å². The minimum absolute atomic E-state index is 0.0447. The Bertz CT molecular complexity index is 851. The number of carboxylic acid groups (broad SMARTS) is 1. The van der Waals surface area contributed by atoms with E-state index in [1.165, 1.54) is 36.4 Å². The smallest absolute Gasteiger partial charge is 0.250 e. The molecule has 0 aliphatic rings. The highest BCUT2D eigenvalue weighted by molar-refractivity contribution is 7.80. The lowest BCUT2D eigenvalue weighted by Gasteiger charge is -2.09. The molecule has 128 valence electrons. The van der Waals surface area contributed by atoms with Crippen molar-refractivity contribution in [2.45, 2.75) is 0 Å². The number of nitrogens with one attached hydrogen (secondary N) is 2. The van der Waals surface area contributed by atoms with Crippen molar-refractivity contribution in [3.63, 3.8) is 0 Å². The SMILES string of the molecule is O=C(/C=C/c1ccc(Cl)cc1Cl)NC(=S)Nc1ccc(C(=O)[O-])cc1. The second-order valence-electron chi connectivity index (χ2n) is 4.81. The third kappa shape index (κ3) is 5.86. The summed E-state index contributed by atoms with van der Waals surface area (Å²) in [5.74, 6) is -1.72. The number of aromatic carboxylic acids is 1. The van der Waals surface area contributed by atoms with E-state index < -0.39 is 11.9 Å². The zero-order valence-corrected chi connectivity index (χ0v) is 14.9. The summed E-state index contributed by atoms with van der Waals surface area (Å²) in [4.78, 5) is 22.5. The Kier molecular flexibility index (Phi) is 6.52. The average molecular weight is 394 g/mol. The molecule has 0 saturated carbocycles. The lowest BCUT2D eigenvalue weighted by molar-refractivity contribution is -0.255. The maximum absolute atomic E-state index is 11.9. The van der Waals surface area contributed by atoms with Crippen molar-refractivity contribution in [2.24, 2.45) is 0 Å².